The summed E-state index contributed by atoms with van der Waals surface area (Å²) in [6, 6.07) is 23.1. The highest BCUT2D eigenvalue weighted by Gasteiger charge is 2.14. The monoisotopic (exact) mass is 458 g/mol. The Morgan fingerprint density at radius 2 is 1.44 bits per heavy atom. The molecule has 8 nitrogen and oxygen atoms in total. The third kappa shape index (κ3) is 5.66. The molecule has 2 N–H and O–H groups in total. The van der Waals surface area contributed by atoms with Gasteiger partial charge < -0.3 is 29.6 Å². The average molecular weight is 459 g/mol. The number of hydrogen-bond donors (Lipinski definition) is 2. The van der Waals surface area contributed by atoms with Gasteiger partial charge in [-0.1, -0.05) is 30.3 Å². The van der Waals surface area contributed by atoms with Crippen LogP contribution in [0.1, 0.15) is 5.56 Å². The van der Waals surface area contributed by atoms with Gasteiger partial charge in [0.05, 0.1) is 21.3 Å². The molecule has 8 heteroatoms. The van der Waals surface area contributed by atoms with Crippen LogP contribution in [0.5, 0.6) is 23.0 Å². The summed E-state index contributed by atoms with van der Waals surface area (Å²) in [5.41, 5.74) is 2.70. The molecule has 0 aliphatic carbocycles. The lowest BCUT2D eigenvalue weighted by Crippen LogP contribution is -2.02. The Bertz CT molecular complexity index is 1190. The summed E-state index contributed by atoms with van der Waals surface area (Å²) in [6.07, 6.45) is 1.67. The molecule has 0 unspecified atom stereocenters. The van der Waals surface area contributed by atoms with E-state index in [0.717, 1.165) is 17.0 Å². The fourth-order valence-electron chi connectivity index (χ4n) is 3.29. The lowest BCUT2D eigenvalue weighted by Gasteiger charge is -2.15. The van der Waals surface area contributed by atoms with Crippen molar-refractivity contribution in [3.05, 3.63) is 84.6 Å². The summed E-state index contributed by atoms with van der Waals surface area (Å²) in [4.78, 5) is 8.84. The van der Waals surface area contributed by atoms with Crippen LogP contribution in [0.4, 0.5) is 23.1 Å². The van der Waals surface area contributed by atoms with Crippen molar-refractivity contribution in [3.8, 4) is 23.0 Å². The van der Waals surface area contributed by atoms with Crippen molar-refractivity contribution in [3.63, 3.8) is 0 Å². The lowest BCUT2D eigenvalue weighted by molar-refractivity contribution is 0.306. The fourth-order valence-corrected chi connectivity index (χ4v) is 3.29. The van der Waals surface area contributed by atoms with Crippen molar-refractivity contribution in [1.29, 1.82) is 0 Å². The second kappa shape index (κ2) is 10.9. The van der Waals surface area contributed by atoms with Crippen LogP contribution >= 0.6 is 0 Å². The van der Waals surface area contributed by atoms with Crippen LogP contribution in [0.25, 0.3) is 0 Å². The van der Waals surface area contributed by atoms with Crippen LogP contribution in [-0.2, 0) is 6.61 Å². The highest BCUT2D eigenvalue weighted by atomic mass is 16.5. The molecule has 0 bridgehead atoms. The topological polar surface area (TPSA) is 86.8 Å². The number of nitrogens with one attached hydrogen (secondary N) is 2. The third-order valence-electron chi connectivity index (χ3n) is 4.95. The molecule has 174 valence electrons. The predicted molar refractivity (Wildman–Crippen MR) is 132 cm³/mol. The molecular formula is C26H26N4O4. The van der Waals surface area contributed by atoms with Gasteiger partial charge in [-0.3, -0.25) is 0 Å². The predicted octanol–water partition coefficient (Wildman–Crippen LogP) is 5.57. The van der Waals surface area contributed by atoms with Gasteiger partial charge in [0.2, 0.25) is 11.7 Å². The molecule has 4 aromatic rings. The van der Waals surface area contributed by atoms with Gasteiger partial charge >= 0.3 is 0 Å². The first-order valence-corrected chi connectivity index (χ1v) is 10.6. The van der Waals surface area contributed by atoms with Crippen molar-refractivity contribution >= 4 is 23.1 Å². The van der Waals surface area contributed by atoms with Crippen LogP contribution in [-0.4, -0.2) is 31.3 Å². The molecule has 1 heterocycles. The molecule has 0 aliphatic heterocycles. The Morgan fingerprint density at radius 1 is 0.735 bits per heavy atom. The minimum Gasteiger partial charge on any atom is -0.493 e. The van der Waals surface area contributed by atoms with E-state index < -0.39 is 0 Å². The molecule has 0 saturated carbocycles. The summed E-state index contributed by atoms with van der Waals surface area (Å²) >= 11 is 0. The minimum atomic E-state index is 0.419. The second-order valence-corrected chi connectivity index (χ2v) is 7.23. The smallest absolute Gasteiger partial charge is 0.229 e. The van der Waals surface area contributed by atoms with Gasteiger partial charge in [0.25, 0.3) is 0 Å². The zero-order valence-electron chi connectivity index (χ0n) is 19.2. The summed E-state index contributed by atoms with van der Waals surface area (Å²) in [6.45, 7) is 0.523. The normalized spacial score (nSPS) is 10.3. The van der Waals surface area contributed by atoms with Crippen LogP contribution in [0, 0.1) is 0 Å². The maximum absolute atomic E-state index is 5.84. The van der Waals surface area contributed by atoms with Crippen molar-refractivity contribution < 1.29 is 18.9 Å². The molecule has 0 saturated heterocycles. The Kier molecular flexibility index (Phi) is 7.29. The second-order valence-electron chi connectivity index (χ2n) is 7.23. The van der Waals surface area contributed by atoms with E-state index in [1.807, 2.05) is 54.6 Å². The molecule has 34 heavy (non-hydrogen) atoms. The molecule has 4 rings (SSSR count). The molecule has 1 aromatic heterocycles. The Hall–Kier alpha value is -4.46. The molecule has 0 atom stereocenters. The molecule has 0 fully saturated rings. The Balaban J connectivity index is 1.42. The number of benzene rings is 3. The Labute approximate surface area is 198 Å². The van der Waals surface area contributed by atoms with E-state index >= 15 is 0 Å². The van der Waals surface area contributed by atoms with E-state index in [1.165, 1.54) is 0 Å². The zero-order chi connectivity index (χ0) is 23.8. The third-order valence-corrected chi connectivity index (χ3v) is 4.95. The van der Waals surface area contributed by atoms with Crippen molar-refractivity contribution in [1.82, 2.24) is 9.97 Å². The first-order valence-electron chi connectivity index (χ1n) is 10.6. The number of rotatable bonds is 10. The maximum Gasteiger partial charge on any atom is 0.229 e. The minimum absolute atomic E-state index is 0.419. The molecule has 0 spiro atoms. The largest absolute Gasteiger partial charge is 0.493 e. The number of methoxy groups -OCH3 is 3. The molecule has 3 aromatic carbocycles. The van der Waals surface area contributed by atoms with E-state index in [0.29, 0.717) is 41.3 Å². The Morgan fingerprint density at radius 3 is 2.09 bits per heavy atom. The summed E-state index contributed by atoms with van der Waals surface area (Å²) in [7, 11) is 4.70. The molecular weight excluding hydrogens is 432 g/mol. The van der Waals surface area contributed by atoms with Crippen LogP contribution < -0.4 is 29.6 Å². The first-order chi connectivity index (χ1) is 16.7. The van der Waals surface area contributed by atoms with Gasteiger partial charge in [0.1, 0.15) is 18.2 Å². The number of anilines is 4. The SMILES string of the molecule is COc1cc(Nc2nccc(Nc3ccc(OCc4ccccc4)cc3)n2)cc(OC)c1OC. The van der Waals surface area contributed by atoms with Crippen LogP contribution in [0.3, 0.4) is 0 Å². The van der Waals surface area contributed by atoms with Crippen molar-refractivity contribution in [2.75, 3.05) is 32.0 Å². The van der Waals surface area contributed by atoms with Gasteiger partial charge in [-0.2, -0.15) is 4.98 Å². The van der Waals surface area contributed by atoms with Gasteiger partial charge in [0, 0.05) is 29.7 Å². The van der Waals surface area contributed by atoms with Crippen LogP contribution in [0.2, 0.25) is 0 Å². The van der Waals surface area contributed by atoms with Gasteiger partial charge in [-0.15, -0.1) is 0 Å². The zero-order valence-corrected chi connectivity index (χ0v) is 19.2. The number of nitrogens with zero attached hydrogens (tertiary/aromatic N) is 2. The fraction of sp³-hybridized carbons (Fsp3) is 0.154. The highest BCUT2D eigenvalue weighted by molar-refractivity contribution is 5.66. The van der Waals surface area contributed by atoms with E-state index in [4.69, 9.17) is 18.9 Å². The van der Waals surface area contributed by atoms with E-state index in [9.17, 15) is 0 Å². The highest BCUT2D eigenvalue weighted by Crippen LogP contribution is 2.40. The quantitative estimate of drug-likeness (QED) is 0.319. The van der Waals surface area contributed by atoms with Gasteiger partial charge in [-0.25, -0.2) is 4.98 Å². The first kappa shape index (κ1) is 22.7. The summed E-state index contributed by atoms with van der Waals surface area (Å²) in [5, 5.41) is 6.45. The summed E-state index contributed by atoms with van der Waals surface area (Å²) in [5.74, 6) is 3.44. The van der Waals surface area contributed by atoms with E-state index in [1.54, 1.807) is 45.7 Å². The van der Waals surface area contributed by atoms with E-state index in [-0.39, 0.29) is 0 Å². The summed E-state index contributed by atoms with van der Waals surface area (Å²) < 4.78 is 22.0. The lowest BCUT2D eigenvalue weighted by atomic mass is 10.2. The maximum atomic E-state index is 5.84. The standard InChI is InChI=1S/C26H26N4O4/c1-31-22-15-20(16-23(32-2)25(22)33-3)29-26-27-14-13-24(30-26)28-19-9-11-21(12-10-19)34-17-18-7-5-4-6-8-18/h4-16H,17H2,1-3H3,(H2,27,28,29,30). The van der Waals surface area contributed by atoms with Crippen molar-refractivity contribution in [2.45, 2.75) is 6.61 Å². The molecule has 0 radical (unpaired) electrons. The number of hydrogen-bond acceptors (Lipinski definition) is 8. The number of ether oxygens (including phenoxy) is 4. The van der Waals surface area contributed by atoms with Crippen LogP contribution in [0.15, 0.2) is 79.0 Å². The molecule has 0 amide bonds. The van der Waals surface area contributed by atoms with E-state index in [2.05, 4.69) is 20.6 Å². The number of aromatic nitrogens is 2. The average Bonchev–Trinajstić information content (AvgIpc) is 2.88. The van der Waals surface area contributed by atoms with Crippen molar-refractivity contribution in [2.24, 2.45) is 0 Å². The van der Waals surface area contributed by atoms with Gasteiger partial charge in [-0.05, 0) is 35.9 Å². The molecule has 0 aliphatic rings. The van der Waals surface area contributed by atoms with Gasteiger partial charge in [0.15, 0.2) is 11.5 Å².